The van der Waals surface area contributed by atoms with E-state index in [4.69, 9.17) is 5.26 Å². The average molecular weight is 323 g/mol. The molecular formula is C16H23BrN2. The molecule has 0 aliphatic carbocycles. The quantitative estimate of drug-likeness (QED) is 0.656. The zero-order valence-corrected chi connectivity index (χ0v) is 13.5. The van der Waals surface area contributed by atoms with Crippen molar-refractivity contribution in [2.24, 2.45) is 5.92 Å². The van der Waals surface area contributed by atoms with E-state index in [0.29, 0.717) is 5.56 Å². The Morgan fingerprint density at radius 2 is 1.95 bits per heavy atom. The molecule has 0 aromatic heterocycles. The van der Waals surface area contributed by atoms with Crippen molar-refractivity contribution >= 4 is 21.6 Å². The maximum Gasteiger partial charge on any atom is 0.101 e. The van der Waals surface area contributed by atoms with Crippen LogP contribution in [0.3, 0.4) is 0 Å². The Kier molecular flexibility index (Phi) is 7.59. The van der Waals surface area contributed by atoms with Gasteiger partial charge in [0.15, 0.2) is 0 Å². The Morgan fingerprint density at radius 3 is 2.63 bits per heavy atom. The molecule has 0 atom stereocenters. The third kappa shape index (κ3) is 6.63. The van der Waals surface area contributed by atoms with Gasteiger partial charge in [-0.05, 0) is 30.5 Å². The Morgan fingerprint density at radius 1 is 1.21 bits per heavy atom. The number of hydrogen-bond donors (Lipinski definition) is 1. The van der Waals surface area contributed by atoms with Gasteiger partial charge in [0.1, 0.15) is 6.07 Å². The van der Waals surface area contributed by atoms with E-state index < -0.39 is 0 Å². The van der Waals surface area contributed by atoms with Crippen molar-refractivity contribution in [2.75, 3.05) is 11.9 Å². The lowest BCUT2D eigenvalue weighted by molar-refractivity contribution is 0.523. The maximum atomic E-state index is 9.03. The molecule has 0 aliphatic heterocycles. The number of unbranched alkanes of at least 4 members (excludes halogenated alkanes) is 3. The summed E-state index contributed by atoms with van der Waals surface area (Å²) in [4.78, 5) is 0. The largest absolute Gasteiger partial charge is 0.384 e. The first kappa shape index (κ1) is 16.0. The zero-order chi connectivity index (χ0) is 14.1. The molecule has 3 heteroatoms. The summed E-state index contributed by atoms with van der Waals surface area (Å²) in [5, 5.41) is 12.4. The Hall–Kier alpha value is -1.01. The normalized spacial score (nSPS) is 10.5. The molecule has 0 unspecified atom stereocenters. The van der Waals surface area contributed by atoms with Gasteiger partial charge in [-0.15, -0.1) is 0 Å². The van der Waals surface area contributed by atoms with Gasteiger partial charge < -0.3 is 5.32 Å². The third-order valence-corrected chi connectivity index (χ3v) is 3.62. The second-order valence-corrected chi connectivity index (χ2v) is 6.24. The summed E-state index contributed by atoms with van der Waals surface area (Å²) < 4.78 is 1.01. The second-order valence-electron chi connectivity index (χ2n) is 5.33. The van der Waals surface area contributed by atoms with E-state index in [2.05, 4.69) is 41.2 Å². The fourth-order valence-electron chi connectivity index (χ4n) is 2.01. The molecule has 0 saturated carbocycles. The lowest BCUT2D eigenvalue weighted by Crippen LogP contribution is -2.03. The number of nitrogens with one attached hydrogen (secondary N) is 1. The molecule has 2 nitrogen and oxygen atoms in total. The van der Waals surface area contributed by atoms with Gasteiger partial charge in [0.05, 0.1) is 11.3 Å². The molecule has 1 rings (SSSR count). The second kappa shape index (κ2) is 8.98. The fraction of sp³-hybridized carbons (Fsp3) is 0.562. The molecule has 0 fully saturated rings. The minimum Gasteiger partial charge on any atom is -0.384 e. The highest BCUT2D eigenvalue weighted by molar-refractivity contribution is 9.10. The highest BCUT2D eigenvalue weighted by Gasteiger charge is 2.01. The first-order valence-corrected chi connectivity index (χ1v) is 7.86. The smallest absolute Gasteiger partial charge is 0.101 e. The van der Waals surface area contributed by atoms with Crippen molar-refractivity contribution in [3.8, 4) is 6.07 Å². The van der Waals surface area contributed by atoms with Gasteiger partial charge in [0, 0.05) is 11.0 Å². The summed E-state index contributed by atoms with van der Waals surface area (Å²) in [7, 11) is 0. The topological polar surface area (TPSA) is 35.8 Å². The van der Waals surface area contributed by atoms with Crippen molar-refractivity contribution in [2.45, 2.75) is 46.0 Å². The minimum absolute atomic E-state index is 0.711. The summed E-state index contributed by atoms with van der Waals surface area (Å²) in [5.74, 6) is 0.818. The van der Waals surface area contributed by atoms with Gasteiger partial charge in [-0.2, -0.15) is 5.26 Å². The molecule has 0 spiro atoms. The van der Waals surface area contributed by atoms with E-state index in [1.54, 1.807) is 0 Å². The van der Waals surface area contributed by atoms with E-state index in [9.17, 15) is 0 Å². The Labute approximate surface area is 125 Å². The highest BCUT2D eigenvalue weighted by Crippen LogP contribution is 2.21. The van der Waals surface area contributed by atoms with Crippen molar-refractivity contribution in [3.63, 3.8) is 0 Å². The predicted octanol–water partition coefficient (Wildman–Crippen LogP) is 5.34. The van der Waals surface area contributed by atoms with Crippen molar-refractivity contribution in [1.82, 2.24) is 0 Å². The summed E-state index contributed by atoms with van der Waals surface area (Å²) >= 11 is 3.43. The minimum atomic E-state index is 0.711. The van der Waals surface area contributed by atoms with Crippen LogP contribution in [0.25, 0.3) is 0 Å². The predicted molar refractivity (Wildman–Crippen MR) is 85.3 cm³/mol. The van der Waals surface area contributed by atoms with Crippen LogP contribution in [0.1, 0.15) is 51.5 Å². The van der Waals surface area contributed by atoms with Crippen LogP contribution in [-0.2, 0) is 0 Å². The van der Waals surface area contributed by atoms with Crippen molar-refractivity contribution < 1.29 is 0 Å². The number of rotatable bonds is 8. The number of nitrogens with zero attached hydrogens (tertiary/aromatic N) is 1. The van der Waals surface area contributed by atoms with E-state index in [1.165, 1.54) is 25.7 Å². The standard InChI is InChI=1S/C16H23BrN2/c1-13(2)7-5-3-4-6-10-19-16-11-15(17)9-8-14(16)12-18/h8-9,11,13,19H,3-7,10H2,1-2H3. The highest BCUT2D eigenvalue weighted by atomic mass is 79.9. The van der Waals surface area contributed by atoms with Gasteiger partial charge in [-0.1, -0.05) is 55.5 Å². The molecule has 0 aliphatic rings. The Balaban J connectivity index is 2.23. The van der Waals surface area contributed by atoms with Crippen LogP contribution in [0.5, 0.6) is 0 Å². The lowest BCUT2D eigenvalue weighted by atomic mass is 10.0. The third-order valence-electron chi connectivity index (χ3n) is 3.13. The van der Waals surface area contributed by atoms with Gasteiger partial charge >= 0.3 is 0 Å². The molecule has 1 aromatic rings. The fourth-order valence-corrected chi connectivity index (χ4v) is 2.38. The van der Waals surface area contributed by atoms with Gasteiger partial charge in [0.25, 0.3) is 0 Å². The summed E-state index contributed by atoms with van der Waals surface area (Å²) in [6, 6.07) is 7.92. The molecular weight excluding hydrogens is 300 g/mol. The molecule has 1 N–H and O–H groups in total. The molecule has 0 radical (unpaired) electrons. The monoisotopic (exact) mass is 322 g/mol. The van der Waals surface area contributed by atoms with Gasteiger partial charge in [-0.25, -0.2) is 0 Å². The lowest BCUT2D eigenvalue weighted by Gasteiger charge is -2.09. The number of benzene rings is 1. The number of halogens is 1. The van der Waals surface area contributed by atoms with Crippen molar-refractivity contribution in [1.29, 1.82) is 5.26 Å². The van der Waals surface area contributed by atoms with Crippen LogP contribution in [0.2, 0.25) is 0 Å². The first-order chi connectivity index (χ1) is 9.13. The molecule has 1 aromatic carbocycles. The molecule has 104 valence electrons. The number of nitriles is 1. The maximum absolute atomic E-state index is 9.03. The molecule has 0 saturated heterocycles. The Bertz CT molecular complexity index is 421. The molecule has 0 heterocycles. The molecule has 19 heavy (non-hydrogen) atoms. The van der Waals surface area contributed by atoms with Crippen LogP contribution >= 0.6 is 15.9 Å². The SMILES string of the molecule is CC(C)CCCCCCNc1cc(Br)ccc1C#N. The molecule has 0 amide bonds. The summed E-state index contributed by atoms with van der Waals surface area (Å²) in [6.07, 6.45) is 6.39. The van der Waals surface area contributed by atoms with E-state index in [0.717, 1.165) is 29.0 Å². The van der Waals surface area contributed by atoms with E-state index in [-0.39, 0.29) is 0 Å². The zero-order valence-electron chi connectivity index (χ0n) is 11.9. The van der Waals surface area contributed by atoms with Crippen molar-refractivity contribution in [3.05, 3.63) is 28.2 Å². The van der Waals surface area contributed by atoms with Crippen LogP contribution < -0.4 is 5.32 Å². The van der Waals surface area contributed by atoms with E-state index >= 15 is 0 Å². The van der Waals surface area contributed by atoms with Crippen LogP contribution in [0.15, 0.2) is 22.7 Å². The van der Waals surface area contributed by atoms with E-state index in [1.807, 2.05) is 18.2 Å². The average Bonchev–Trinajstić information content (AvgIpc) is 2.37. The number of hydrogen-bond acceptors (Lipinski definition) is 2. The molecule has 0 bridgehead atoms. The number of anilines is 1. The summed E-state index contributed by atoms with van der Waals surface area (Å²) in [6.45, 7) is 5.49. The van der Waals surface area contributed by atoms with Crippen LogP contribution in [0, 0.1) is 17.2 Å². The van der Waals surface area contributed by atoms with Crippen LogP contribution in [0.4, 0.5) is 5.69 Å². The summed E-state index contributed by atoms with van der Waals surface area (Å²) in [5.41, 5.74) is 1.64. The van der Waals surface area contributed by atoms with Crippen LogP contribution in [-0.4, -0.2) is 6.54 Å². The first-order valence-electron chi connectivity index (χ1n) is 7.07. The van der Waals surface area contributed by atoms with Gasteiger partial charge in [0.2, 0.25) is 0 Å². The van der Waals surface area contributed by atoms with Gasteiger partial charge in [-0.3, -0.25) is 0 Å².